The van der Waals surface area contributed by atoms with E-state index in [0.717, 1.165) is 29.2 Å². The molecule has 0 spiro atoms. The van der Waals surface area contributed by atoms with Crippen LogP contribution in [0.1, 0.15) is 26.3 Å². The van der Waals surface area contributed by atoms with Gasteiger partial charge in [0.2, 0.25) is 0 Å². The van der Waals surface area contributed by atoms with E-state index in [4.69, 9.17) is 5.73 Å². The van der Waals surface area contributed by atoms with Gasteiger partial charge in [-0.25, -0.2) is 4.68 Å². The van der Waals surface area contributed by atoms with Crippen molar-refractivity contribution in [3.8, 4) is 11.4 Å². The fourth-order valence-corrected chi connectivity index (χ4v) is 1.75. The molecular weight excluding hydrogens is 226 g/mol. The molecular formula is C13H19N5. The number of aromatic nitrogens is 4. The lowest BCUT2D eigenvalue weighted by molar-refractivity contribution is 0.323. The highest BCUT2D eigenvalue weighted by Gasteiger charge is 2.17. The predicted octanol–water partition coefficient (Wildman–Crippen LogP) is 2.28. The second-order valence-electron chi connectivity index (χ2n) is 5.79. The minimum absolute atomic E-state index is 0.125. The fraction of sp³-hybridized carbons (Fsp3) is 0.462. The summed E-state index contributed by atoms with van der Waals surface area (Å²) >= 11 is 0. The maximum Gasteiger partial charge on any atom is 0.182 e. The molecule has 0 aliphatic rings. The normalized spacial score (nSPS) is 11.8. The molecule has 0 aliphatic heterocycles. The van der Waals surface area contributed by atoms with Gasteiger partial charge in [0.15, 0.2) is 5.82 Å². The topological polar surface area (TPSA) is 69.6 Å². The molecule has 5 heteroatoms. The van der Waals surface area contributed by atoms with Crippen molar-refractivity contribution in [1.29, 1.82) is 0 Å². The van der Waals surface area contributed by atoms with Crippen LogP contribution < -0.4 is 5.73 Å². The molecule has 0 atom stereocenters. The molecule has 5 nitrogen and oxygen atoms in total. The maximum atomic E-state index is 5.93. The maximum absolute atomic E-state index is 5.93. The zero-order valence-electron chi connectivity index (χ0n) is 11.3. The molecule has 0 saturated heterocycles. The Morgan fingerprint density at radius 2 is 2.00 bits per heavy atom. The number of nitrogen functional groups attached to an aromatic ring is 1. The first kappa shape index (κ1) is 12.5. The molecule has 18 heavy (non-hydrogen) atoms. The van der Waals surface area contributed by atoms with Gasteiger partial charge in [0.05, 0.1) is 0 Å². The Labute approximate surface area is 107 Å². The van der Waals surface area contributed by atoms with Gasteiger partial charge < -0.3 is 5.73 Å². The number of nitrogens with zero attached hydrogens (tertiary/aromatic N) is 4. The fourth-order valence-electron chi connectivity index (χ4n) is 1.75. The van der Waals surface area contributed by atoms with Crippen molar-refractivity contribution in [3.63, 3.8) is 0 Å². The van der Waals surface area contributed by atoms with E-state index >= 15 is 0 Å². The Kier molecular flexibility index (Phi) is 3.07. The lowest BCUT2D eigenvalue weighted by Crippen LogP contribution is -2.17. The van der Waals surface area contributed by atoms with Gasteiger partial charge >= 0.3 is 0 Å². The molecule has 96 valence electrons. The van der Waals surface area contributed by atoms with E-state index in [9.17, 15) is 0 Å². The van der Waals surface area contributed by atoms with E-state index in [-0.39, 0.29) is 5.41 Å². The summed E-state index contributed by atoms with van der Waals surface area (Å²) in [4.78, 5) is 0. The minimum atomic E-state index is 0.125. The molecule has 1 aromatic heterocycles. The number of anilines is 1. The number of hydrogen-bond donors (Lipinski definition) is 1. The quantitative estimate of drug-likeness (QED) is 0.824. The molecule has 2 N–H and O–H groups in total. The van der Waals surface area contributed by atoms with Crippen LogP contribution in [0.15, 0.2) is 18.2 Å². The number of hydrogen-bond acceptors (Lipinski definition) is 4. The molecule has 1 aromatic carbocycles. The first-order chi connectivity index (χ1) is 8.37. The smallest absolute Gasteiger partial charge is 0.182 e. The van der Waals surface area contributed by atoms with E-state index in [2.05, 4.69) is 36.3 Å². The van der Waals surface area contributed by atoms with Gasteiger partial charge in [0.25, 0.3) is 0 Å². The summed E-state index contributed by atoms with van der Waals surface area (Å²) < 4.78 is 1.82. The van der Waals surface area contributed by atoms with E-state index in [1.807, 2.05) is 29.8 Å². The molecule has 0 saturated carbocycles. The van der Waals surface area contributed by atoms with Gasteiger partial charge in [0, 0.05) is 17.8 Å². The van der Waals surface area contributed by atoms with Crippen LogP contribution in [-0.2, 0) is 6.54 Å². The molecule has 0 fully saturated rings. The summed E-state index contributed by atoms with van der Waals surface area (Å²) in [6.45, 7) is 9.21. The monoisotopic (exact) mass is 245 g/mol. The van der Waals surface area contributed by atoms with Crippen molar-refractivity contribution in [2.75, 3.05) is 5.73 Å². The zero-order chi connectivity index (χ0) is 13.3. The van der Waals surface area contributed by atoms with Gasteiger partial charge in [-0.15, -0.1) is 5.10 Å². The van der Waals surface area contributed by atoms with Gasteiger partial charge in [-0.05, 0) is 34.4 Å². The van der Waals surface area contributed by atoms with Crippen LogP contribution in [0.3, 0.4) is 0 Å². The molecule has 0 aliphatic carbocycles. The standard InChI is InChI=1S/C13H19N5/c1-9-5-6-10(7-11(9)14)12-15-16-17-18(12)8-13(2,3)4/h5-7H,8,14H2,1-4H3. The summed E-state index contributed by atoms with van der Waals surface area (Å²) in [6, 6.07) is 5.90. The van der Waals surface area contributed by atoms with Crippen molar-refractivity contribution in [2.45, 2.75) is 34.2 Å². The van der Waals surface area contributed by atoms with Gasteiger partial charge in [0.1, 0.15) is 0 Å². The summed E-state index contributed by atoms with van der Waals surface area (Å²) in [6.07, 6.45) is 0. The third-order valence-electron chi connectivity index (χ3n) is 2.69. The van der Waals surface area contributed by atoms with Crippen molar-refractivity contribution in [3.05, 3.63) is 23.8 Å². The summed E-state index contributed by atoms with van der Waals surface area (Å²) in [7, 11) is 0. The van der Waals surface area contributed by atoms with Crippen LogP contribution in [0.4, 0.5) is 5.69 Å². The van der Waals surface area contributed by atoms with Gasteiger partial charge in [-0.2, -0.15) is 0 Å². The van der Waals surface area contributed by atoms with Gasteiger partial charge in [-0.3, -0.25) is 0 Å². The molecule has 2 rings (SSSR count). The molecule has 0 unspecified atom stereocenters. The number of tetrazole rings is 1. The van der Waals surface area contributed by atoms with E-state index in [1.54, 1.807) is 0 Å². The van der Waals surface area contributed by atoms with E-state index in [0.29, 0.717) is 0 Å². The van der Waals surface area contributed by atoms with Crippen molar-refractivity contribution < 1.29 is 0 Å². The van der Waals surface area contributed by atoms with Crippen LogP contribution in [0, 0.1) is 12.3 Å². The average Bonchev–Trinajstić information content (AvgIpc) is 2.67. The minimum Gasteiger partial charge on any atom is -0.398 e. The Morgan fingerprint density at radius 1 is 1.28 bits per heavy atom. The third-order valence-corrected chi connectivity index (χ3v) is 2.69. The SMILES string of the molecule is Cc1ccc(-c2nnnn2CC(C)(C)C)cc1N. The first-order valence-electron chi connectivity index (χ1n) is 5.99. The van der Waals surface area contributed by atoms with Gasteiger partial charge in [-0.1, -0.05) is 32.9 Å². The van der Waals surface area contributed by atoms with Crippen molar-refractivity contribution in [2.24, 2.45) is 5.41 Å². The van der Waals surface area contributed by atoms with Crippen molar-refractivity contribution in [1.82, 2.24) is 20.2 Å². The van der Waals surface area contributed by atoms with Crippen molar-refractivity contribution >= 4 is 5.69 Å². The van der Waals surface area contributed by atoms with Crippen LogP contribution in [-0.4, -0.2) is 20.2 Å². The van der Waals surface area contributed by atoms with E-state index < -0.39 is 0 Å². The third kappa shape index (κ3) is 2.67. The Morgan fingerprint density at radius 3 is 2.61 bits per heavy atom. The summed E-state index contributed by atoms with van der Waals surface area (Å²) in [5, 5.41) is 11.9. The van der Waals surface area contributed by atoms with Crippen LogP contribution >= 0.6 is 0 Å². The highest BCUT2D eigenvalue weighted by atomic mass is 15.5. The number of aryl methyl sites for hydroxylation is 1. The van der Waals surface area contributed by atoms with Crippen LogP contribution in [0.5, 0.6) is 0 Å². The Balaban J connectivity index is 2.39. The second-order valence-corrected chi connectivity index (χ2v) is 5.79. The average molecular weight is 245 g/mol. The zero-order valence-corrected chi connectivity index (χ0v) is 11.3. The Hall–Kier alpha value is -1.91. The summed E-state index contributed by atoms with van der Waals surface area (Å²) in [5.41, 5.74) is 8.83. The highest BCUT2D eigenvalue weighted by Crippen LogP contribution is 2.24. The lowest BCUT2D eigenvalue weighted by atomic mass is 9.97. The van der Waals surface area contributed by atoms with Crippen LogP contribution in [0.2, 0.25) is 0 Å². The molecule has 0 radical (unpaired) electrons. The largest absolute Gasteiger partial charge is 0.398 e. The first-order valence-corrected chi connectivity index (χ1v) is 5.99. The molecule has 0 bridgehead atoms. The number of benzene rings is 1. The highest BCUT2D eigenvalue weighted by molar-refractivity contribution is 5.63. The second kappa shape index (κ2) is 4.40. The van der Waals surface area contributed by atoms with Crippen LogP contribution in [0.25, 0.3) is 11.4 Å². The summed E-state index contributed by atoms with van der Waals surface area (Å²) in [5.74, 6) is 0.761. The Bertz CT molecular complexity index is 551. The molecule has 2 aromatic rings. The number of nitrogens with two attached hydrogens (primary N) is 1. The predicted molar refractivity (Wildman–Crippen MR) is 71.9 cm³/mol. The lowest BCUT2D eigenvalue weighted by Gasteiger charge is -2.18. The van der Waals surface area contributed by atoms with E-state index in [1.165, 1.54) is 0 Å². The number of rotatable bonds is 2. The molecule has 0 amide bonds. The molecule has 1 heterocycles.